The van der Waals surface area contributed by atoms with Gasteiger partial charge in [0.25, 0.3) is 0 Å². The topological polar surface area (TPSA) is 113 Å². The molecule has 0 radical (unpaired) electrons. The van der Waals surface area contributed by atoms with Crippen LogP contribution in [0.15, 0.2) is 24.3 Å². The molecule has 0 aromatic carbocycles. The lowest BCUT2D eigenvalue weighted by Gasteiger charge is -2.00. The van der Waals surface area contributed by atoms with Crippen molar-refractivity contribution in [2.24, 2.45) is 0 Å². The van der Waals surface area contributed by atoms with Gasteiger partial charge in [-0.2, -0.15) is 0 Å². The number of hydrogen-bond donors (Lipinski definition) is 3. The quantitative estimate of drug-likeness (QED) is 0.458. The van der Waals surface area contributed by atoms with E-state index in [1.54, 1.807) is 0 Å². The largest absolute Gasteiger partial charge is 0.478 e. The average molecular weight is 306 g/mol. The molecule has 7 heteroatoms. The highest BCUT2D eigenvalue weighted by Crippen LogP contribution is 1.81. The van der Waals surface area contributed by atoms with Crippen molar-refractivity contribution in [1.82, 2.24) is 0 Å². The first-order chi connectivity index (χ1) is 9.70. The Balaban J connectivity index is -0.000000240. The van der Waals surface area contributed by atoms with Crippen LogP contribution in [0.5, 0.6) is 0 Å². The smallest absolute Gasteiger partial charge is 0.330 e. The van der Waals surface area contributed by atoms with Gasteiger partial charge in [0, 0.05) is 17.8 Å². The van der Waals surface area contributed by atoms with E-state index in [0.717, 1.165) is 6.61 Å². The van der Waals surface area contributed by atoms with Gasteiger partial charge in [0.05, 0.1) is 26.4 Å². The van der Waals surface area contributed by atoms with E-state index in [-0.39, 0.29) is 17.8 Å². The molecule has 124 valence electrons. The molecule has 7 nitrogen and oxygen atoms in total. The van der Waals surface area contributed by atoms with Crippen molar-refractivity contribution in [2.75, 3.05) is 33.0 Å². The SMILES string of the molecule is C=C(C)C(=O)O.C=C(C)C(=O)O.CCOCCOCCO. The van der Waals surface area contributed by atoms with E-state index in [0.29, 0.717) is 19.8 Å². The summed E-state index contributed by atoms with van der Waals surface area (Å²) in [6.07, 6.45) is 0. The van der Waals surface area contributed by atoms with Crippen LogP contribution in [0.2, 0.25) is 0 Å². The second-order valence-electron chi connectivity index (χ2n) is 3.70. The Hall–Kier alpha value is -1.70. The van der Waals surface area contributed by atoms with E-state index in [4.69, 9.17) is 24.8 Å². The lowest BCUT2D eigenvalue weighted by atomic mass is 10.4. The average Bonchev–Trinajstić information content (AvgIpc) is 2.40. The maximum Gasteiger partial charge on any atom is 0.330 e. The highest BCUT2D eigenvalue weighted by molar-refractivity contribution is 5.85. The highest BCUT2D eigenvalue weighted by Gasteiger charge is 1.90. The van der Waals surface area contributed by atoms with Gasteiger partial charge in [0.1, 0.15) is 0 Å². The number of aliphatic hydroxyl groups excluding tert-OH is 1. The first-order valence-electron chi connectivity index (χ1n) is 6.24. The fourth-order valence-electron chi connectivity index (χ4n) is 0.429. The number of ether oxygens (including phenoxy) is 2. The molecule has 0 spiro atoms. The second-order valence-corrected chi connectivity index (χ2v) is 3.70. The third kappa shape index (κ3) is 32.1. The van der Waals surface area contributed by atoms with Gasteiger partial charge in [-0.3, -0.25) is 0 Å². The van der Waals surface area contributed by atoms with Gasteiger partial charge in [0.15, 0.2) is 0 Å². The molecule has 0 aliphatic carbocycles. The van der Waals surface area contributed by atoms with E-state index in [1.807, 2.05) is 6.92 Å². The van der Waals surface area contributed by atoms with Crippen molar-refractivity contribution < 1.29 is 34.4 Å². The minimum atomic E-state index is -0.935. The van der Waals surface area contributed by atoms with Crippen LogP contribution < -0.4 is 0 Å². The highest BCUT2D eigenvalue weighted by atomic mass is 16.5. The third-order valence-corrected chi connectivity index (χ3v) is 1.54. The number of aliphatic hydroxyl groups is 1. The summed E-state index contributed by atoms with van der Waals surface area (Å²) in [6.45, 7) is 13.6. The predicted molar refractivity (Wildman–Crippen MR) is 79.3 cm³/mol. The van der Waals surface area contributed by atoms with Crippen LogP contribution in [0.1, 0.15) is 20.8 Å². The Bertz CT molecular complexity index is 256. The van der Waals surface area contributed by atoms with E-state index in [2.05, 4.69) is 13.2 Å². The number of carboxylic acid groups (broad SMARTS) is 2. The molecule has 0 bridgehead atoms. The third-order valence-electron chi connectivity index (χ3n) is 1.54. The molecular weight excluding hydrogens is 280 g/mol. The molecule has 3 N–H and O–H groups in total. The Labute approximate surface area is 125 Å². The Morgan fingerprint density at radius 1 is 0.905 bits per heavy atom. The Kier molecular flexibility index (Phi) is 21.2. The number of aliphatic carboxylic acids is 2. The number of carbonyl (C=O) groups is 2. The molecule has 0 saturated carbocycles. The van der Waals surface area contributed by atoms with Gasteiger partial charge >= 0.3 is 11.9 Å². The predicted octanol–water partition coefficient (Wildman–Crippen LogP) is 1.33. The van der Waals surface area contributed by atoms with Crippen LogP contribution in [-0.4, -0.2) is 60.3 Å². The molecular formula is C14H26O7. The zero-order chi connectivity index (χ0) is 17.3. The molecule has 0 amide bonds. The summed E-state index contributed by atoms with van der Waals surface area (Å²) in [6, 6.07) is 0. The zero-order valence-corrected chi connectivity index (χ0v) is 12.9. The fraction of sp³-hybridized carbons (Fsp3) is 0.571. The standard InChI is InChI=1S/C6H14O3.2C4H6O2/c1-2-8-5-6-9-4-3-7;2*1-3(2)4(5)6/h7H,2-6H2,1H3;2*1H2,2H3,(H,5,6). The molecule has 0 unspecified atom stereocenters. The lowest BCUT2D eigenvalue weighted by Crippen LogP contribution is -2.06. The number of hydrogen-bond acceptors (Lipinski definition) is 5. The summed E-state index contributed by atoms with van der Waals surface area (Å²) >= 11 is 0. The fourth-order valence-corrected chi connectivity index (χ4v) is 0.429. The van der Waals surface area contributed by atoms with Crippen LogP contribution in [0.4, 0.5) is 0 Å². The van der Waals surface area contributed by atoms with Gasteiger partial charge in [-0.05, 0) is 20.8 Å². The van der Waals surface area contributed by atoms with E-state index in [9.17, 15) is 9.59 Å². The van der Waals surface area contributed by atoms with E-state index >= 15 is 0 Å². The molecule has 0 atom stereocenters. The second kappa shape index (κ2) is 18.3. The van der Waals surface area contributed by atoms with Crippen LogP contribution in [0.3, 0.4) is 0 Å². The first kappa shape index (κ1) is 24.3. The summed E-state index contributed by atoms with van der Waals surface area (Å²) in [7, 11) is 0. The molecule has 0 heterocycles. The maximum atomic E-state index is 9.60. The lowest BCUT2D eigenvalue weighted by molar-refractivity contribution is -0.133. The number of rotatable bonds is 8. The molecule has 0 aromatic heterocycles. The summed E-state index contributed by atoms with van der Waals surface area (Å²) < 4.78 is 9.88. The Morgan fingerprint density at radius 3 is 1.48 bits per heavy atom. The first-order valence-corrected chi connectivity index (χ1v) is 6.24. The van der Waals surface area contributed by atoms with E-state index < -0.39 is 11.9 Å². The molecule has 0 aromatic rings. The van der Waals surface area contributed by atoms with Crippen LogP contribution in [0, 0.1) is 0 Å². The monoisotopic (exact) mass is 306 g/mol. The summed E-state index contributed by atoms with van der Waals surface area (Å²) in [5.41, 5.74) is 0.352. The zero-order valence-electron chi connectivity index (χ0n) is 12.9. The van der Waals surface area contributed by atoms with Crippen molar-refractivity contribution in [3.8, 4) is 0 Å². The summed E-state index contributed by atoms with van der Waals surface area (Å²) in [4.78, 5) is 19.2. The van der Waals surface area contributed by atoms with Gasteiger partial charge in [-0.1, -0.05) is 13.2 Å². The minimum absolute atomic E-state index is 0.0894. The van der Waals surface area contributed by atoms with Crippen LogP contribution >= 0.6 is 0 Å². The maximum absolute atomic E-state index is 9.60. The van der Waals surface area contributed by atoms with Gasteiger partial charge < -0.3 is 24.8 Å². The summed E-state index contributed by atoms with van der Waals surface area (Å²) in [5, 5.41) is 24.0. The molecule has 0 aliphatic rings. The van der Waals surface area contributed by atoms with Gasteiger partial charge in [0.2, 0.25) is 0 Å². The molecule has 21 heavy (non-hydrogen) atoms. The summed E-state index contributed by atoms with van der Waals surface area (Å²) in [5.74, 6) is -1.87. The normalized spacial score (nSPS) is 8.57. The number of carboxylic acids is 2. The molecule has 0 fully saturated rings. The molecule has 0 saturated heterocycles. The Morgan fingerprint density at radius 2 is 1.24 bits per heavy atom. The minimum Gasteiger partial charge on any atom is -0.478 e. The van der Waals surface area contributed by atoms with Crippen LogP contribution in [-0.2, 0) is 19.1 Å². The van der Waals surface area contributed by atoms with E-state index in [1.165, 1.54) is 13.8 Å². The van der Waals surface area contributed by atoms with Crippen molar-refractivity contribution in [3.63, 3.8) is 0 Å². The van der Waals surface area contributed by atoms with Crippen molar-refractivity contribution in [1.29, 1.82) is 0 Å². The van der Waals surface area contributed by atoms with Gasteiger partial charge in [-0.25, -0.2) is 9.59 Å². The van der Waals surface area contributed by atoms with Crippen molar-refractivity contribution in [2.45, 2.75) is 20.8 Å². The van der Waals surface area contributed by atoms with Crippen molar-refractivity contribution in [3.05, 3.63) is 24.3 Å². The van der Waals surface area contributed by atoms with Crippen LogP contribution in [0.25, 0.3) is 0 Å². The molecule has 0 rings (SSSR count). The molecule has 0 aliphatic heterocycles. The van der Waals surface area contributed by atoms with Gasteiger partial charge in [-0.15, -0.1) is 0 Å². The van der Waals surface area contributed by atoms with Crippen molar-refractivity contribution >= 4 is 11.9 Å².